The molecule has 0 saturated carbocycles. The number of thiazole rings is 1. The molecule has 0 spiro atoms. The predicted octanol–water partition coefficient (Wildman–Crippen LogP) is 4.12. The lowest BCUT2D eigenvalue weighted by atomic mass is 10.2. The minimum atomic E-state index is -0.246. The summed E-state index contributed by atoms with van der Waals surface area (Å²) in [6, 6.07) is 10.1. The van der Waals surface area contributed by atoms with Crippen LogP contribution in [-0.2, 0) is 0 Å². The fourth-order valence-corrected chi connectivity index (χ4v) is 2.63. The highest BCUT2D eigenvalue weighted by Gasteiger charge is 2.07. The third-order valence-corrected chi connectivity index (χ3v) is 3.62. The van der Waals surface area contributed by atoms with Crippen molar-refractivity contribution in [2.45, 2.75) is 6.92 Å². The molecule has 19 heavy (non-hydrogen) atoms. The van der Waals surface area contributed by atoms with E-state index >= 15 is 0 Å². The predicted molar refractivity (Wildman–Crippen MR) is 75.2 cm³/mol. The number of ether oxygens (including phenoxy) is 1. The number of nitrogens with zero attached hydrogens (tertiary/aromatic N) is 1. The maximum absolute atomic E-state index is 13.2. The highest BCUT2D eigenvalue weighted by Crippen LogP contribution is 2.32. The molecule has 96 valence electrons. The summed E-state index contributed by atoms with van der Waals surface area (Å²) in [4.78, 5) is 4.35. The summed E-state index contributed by atoms with van der Waals surface area (Å²) >= 11 is 1.41. The smallest absolute Gasteiger partial charge is 0.279 e. The standard InChI is InChI=1S/C14H11FN2OS/c1-8-6-10(3-4-11(8)15)18-14-17-12-5-2-9(16)7-13(12)19-14/h2-7H,16H2,1H3. The summed E-state index contributed by atoms with van der Waals surface area (Å²) in [5, 5.41) is 0.520. The molecule has 0 aliphatic carbocycles. The van der Waals surface area contributed by atoms with Crippen LogP contribution in [0, 0.1) is 12.7 Å². The van der Waals surface area contributed by atoms with Crippen LogP contribution in [0.5, 0.6) is 10.9 Å². The number of nitrogens with two attached hydrogens (primary N) is 1. The second-order valence-electron chi connectivity index (χ2n) is 4.22. The maximum atomic E-state index is 13.2. The van der Waals surface area contributed by atoms with E-state index in [2.05, 4.69) is 4.98 Å². The normalized spacial score (nSPS) is 10.8. The van der Waals surface area contributed by atoms with E-state index in [-0.39, 0.29) is 5.82 Å². The summed E-state index contributed by atoms with van der Waals surface area (Å²) in [5.41, 5.74) is 7.80. The molecule has 0 saturated heterocycles. The molecule has 1 heterocycles. The van der Waals surface area contributed by atoms with Crippen LogP contribution in [0.1, 0.15) is 5.56 Å². The number of halogens is 1. The van der Waals surface area contributed by atoms with Crippen LogP contribution in [0.2, 0.25) is 0 Å². The number of fused-ring (bicyclic) bond motifs is 1. The van der Waals surface area contributed by atoms with Gasteiger partial charge in [0, 0.05) is 5.69 Å². The van der Waals surface area contributed by atoms with Crippen LogP contribution in [-0.4, -0.2) is 4.98 Å². The molecule has 0 unspecified atom stereocenters. The van der Waals surface area contributed by atoms with Crippen molar-refractivity contribution in [1.29, 1.82) is 0 Å². The zero-order chi connectivity index (χ0) is 13.4. The Hall–Kier alpha value is -2.14. The minimum absolute atomic E-state index is 0.246. The third-order valence-electron chi connectivity index (χ3n) is 2.73. The number of benzene rings is 2. The van der Waals surface area contributed by atoms with Crippen LogP contribution in [0.3, 0.4) is 0 Å². The lowest BCUT2D eigenvalue weighted by Crippen LogP contribution is -1.86. The molecule has 0 bridgehead atoms. The first kappa shape index (κ1) is 11.9. The molecule has 5 heteroatoms. The van der Waals surface area contributed by atoms with Gasteiger partial charge in [-0.2, -0.15) is 0 Å². The molecule has 1 aromatic heterocycles. The molecule has 3 rings (SSSR count). The van der Waals surface area contributed by atoms with E-state index in [1.54, 1.807) is 25.1 Å². The number of rotatable bonds is 2. The number of hydrogen-bond donors (Lipinski definition) is 1. The largest absolute Gasteiger partial charge is 0.431 e. The topological polar surface area (TPSA) is 48.1 Å². The van der Waals surface area contributed by atoms with Crippen molar-refractivity contribution in [2.24, 2.45) is 0 Å². The van der Waals surface area contributed by atoms with Crippen molar-refractivity contribution in [3.05, 3.63) is 47.8 Å². The quantitative estimate of drug-likeness (QED) is 0.715. The summed E-state index contributed by atoms with van der Waals surface area (Å²) in [6.07, 6.45) is 0. The summed E-state index contributed by atoms with van der Waals surface area (Å²) in [6.45, 7) is 1.70. The first-order valence-corrected chi connectivity index (χ1v) is 6.53. The molecule has 0 aliphatic heterocycles. The van der Waals surface area contributed by atoms with Gasteiger partial charge < -0.3 is 10.5 Å². The van der Waals surface area contributed by atoms with Crippen LogP contribution in [0.15, 0.2) is 36.4 Å². The lowest BCUT2D eigenvalue weighted by molar-refractivity contribution is 0.477. The third kappa shape index (κ3) is 2.37. The minimum Gasteiger partial charge on any atom is -0.431 e. The average Bonchev–Trinajstić information content (AvgIpc) is 2.75. The van der Waals surface area contributed by atoms with Gasteiger partial charge in [-0.3, -0.25) is 0 Å². The second-order valence-corrected chi connectivity index (χ2v) is 5.21. The molecule has 0 atom stereocenters. The van der Waals surface area contributed by atoms with Crippen LogP contribution in [0.25, 0.3) is 10.2 Å². The molecular formula is C14H11FN2OS. The first-order chi connectivity index (χ1) is 9.11. The summed E-state index contributed by atoms with van der Waals surface area (Å²) in [5.74, 6) is 0.329. The Morgan fingerprint density at radius 2 is 2.05 bits per heavy atom. The number of nitrogen functional groups attached to an aromatic ring is 1. The Morgan fingerprint density at radius 1 is 1.21 bits per heavy atom. The number of aromatic nitrogens is 1. The zero-order valence-corrected chi connectivity index (χ0v) is 11.0. The van der Waals surface area contributed by atoms with Crippen molar-refractivity contribution in [1.82, 2.24) is 4.98 Å². The SMILES string of the molecule is Cc1cc(Oc2nc3ccc(N)cc3s2)ccc1F. The van der Waals surface area contributed by atoms with Gasteiger partial charge in [0.25, 0.3) is 5.19 Å². The van der Waals surface area contributed by atoms with Crippen LogP contribution in [0.4, 0.5) is 10.1 Å². The summed E-state index contributed by atoms with van der Waals surface area (Å²) < 4.78 is 19.8. The van der Waals surface area contributed by atoms with Gasteiger partial charge >= 0.3 is 0 Å². The highest BCUT2D eigenvalue weighted by atomic mass is 32.1. The molecule has 0 fully saturated rings. The average molecular weight is 274 g/mol. The van der Waals surface area contributed by atoms with Crippen molar-refractivity contribution in [2.75, 3.05) is 5.73 Å². The molecule has 3 aromatic rings. The number of aryl methyl sites for hydroxylation is 1. The van der Waals surface area contributed by atoms with Gasteiger partial charge in [-0.05, 0) is 48.9 Å². The zero-order valence-electron chi connectivity index (χ0n) is 10.2. The van der Waals surface area contributed by atoms with Gasteiger partial charge in [0.1, 0.15) is 11.6 Å². The van der Waals surface area contributed by atoms with Gasteiger partial charge in [-0.15, -0.1) is 0 Å². The van der Waals surface area contributed by atoms with Crippen molar-refractivity contribution in [3.8, 4) is 10.9 Å². The summed E-state index contributed by atoms with van der Waals surface area (Å²) in [7, 11) is 0. The Morgan fingerprint density at radius 3 is 2.84 bits per heavy atom. The van der Waals surface area contributed by atoms with Gasteiger partial charge in [0.05, 0.1) is 10.2 Å². The molecule has 3 nitrogen and oxygen atoms in total. The van der Waals surface area contributed by atoms with Crippen molar-refractivity contribution >= 4 is 27.2 Å². The molecule has 2 N–H and O–H groups in total. The van der Waals surface area contributed by atoms with Gasteiger partial charge in [0.15, 0.2) is 0 Å². The molecule has 0 aliphatic rings. The van der Waals surface area contributed by atoms with E-state index < -0.39 is 0 Å². The van der Waals surface area contributed by atoms with Gasteiger partial charge in [0.2, 0.25) is 0 Å². The van der Waals surface area contributed by atoms with E-state index in [0.717, 1.165) is 10.2 Å². The molecule has 0 radical (unpaired) electrons. The van der Waals surface area contributed by atoms with Crippen molar-refractivity contribution < 1.29 is 9.13 Å². The van der Waals surface area contributed by atoms with E-state index in [0.29, 0.717) is 22.2 Å². The monoisotopic (exact) mass is 274 g/mol. The number of hydrogen-bond acceptors (Lipinski definition) is 4. The maximum Gasteiger partial charge on any atom is 0.279 e. The second kappa shape index (κ2) is 4.51. The Balaban J connectivity index is 1.94. The molecular weight excluding hydrogens is 263 g/mol. The van der Waals surface area contributed by atoms with Gasteiger partial charge in [-0.25, -0.2) is 9.37 Å². The van der Waals surface area contributed by atoms with Crippen LogP contribution < -0.4 is 10.5 Å². The fraction of sp³-hybridized carbons (Fsp3) is 0.0714. The van der Waals surface area contributed by atoms with E-state index in [1.165, 1.54) is 17.4 Å². The molecule has 2 aromatic carbocycles. The van der Waals surface area contributed by atoms with E-state index in [4.69, 9.17) is 10.5 Å². The lowest BCUT2D eigenvalue weighted by Gasteiger charge is -2.02. The van der Waals surface area contributed by atoms with E-state index in [9.17, 15) is 4.39 Å². The van der Waals surface area contributed by atoms with Gasteiger partial charge in [-0.1, -0.05) is 11.3 Å². The first-order valence-electron chi connectivity index (χ1n) is 5.72. The Labute approximate surface area is 113 Å². The highest BCUT2D eigenvalue weighted by molar-refractivity contribution is 7.20. The Bertz CT molecular complexity index is 754. The Kier molecular flexibility index (Phi) is 2.83. The van der Waals surface area contributed by atoms with Crippen LogP contribution >= 0.6 is 11.3 Å². The fourth-order valence-electron chi connectivity index (χ4n) is 1.75. The van der Waals surface area contributed by atoms with Crippen molar-refractivity contribution in [3.63, 3.8) is 0 Å². The number of anilines is 1. The van der Waals surface area contributed by atoms with E-state index in [1.807, 2.05) is 12.1 Å². The molecule has 0 amide bonds.